The van der Waals surface area contributed by atoms with Crippen LogP contribution in [0.2, 0.25) is 0 Å². The summed E-state index contributed by atoms with van der Waals surface area (Å²) < 4.78 is 23.4. The maximum Gasteiger partial charge on any atom is 0.257 e. The smallest absolute Gasteiger partial charge is 0.257 e. The highest BCUT2D eigenvalue weighted by molar-refractivity contribution is 9.10. The van der Waals surface area contributed by atoms with Crippen molar-refractivity contribution in [2.45, 2.75) is 11.3 Å². The number of sulfonamides is 1. The lowest BCUT2D eigenvalue weighted by Gasteiger charge is -2.02. The van der Waals surface area contributed by atoms with E-state index in [1.54, 1.807) is 42.6 Å². The quantitative estimate of drug-likeness (QED) is 0.620. The summed E-state index contributed by atoms with van der Waals surface area (Å²) >= 11 is 4.70. The molecule has 0 unspecified atom stereocenters. The zero-order valence-electron chi connectivity index (χ0n) is 13.3. The number of carbonyl (C=O) groups excluding carboxylic acids is 1. The van der Waals surface area contributed by atoms with Gasteiger partial charge in [-0.15, -0.1) is 11.3 Å². The van der Waals surface area contributed by atoms with Gasteiger partial charge in [0.25, 0.3) is 5.91 Å². The third-order valence-electron chi connectivity index (χ3n) is 3.51. The van der Waals surface area contributed by atoms with Crippen LogP contribution in [0.3, 0.4) is 0 Å². The molecule has 3 N–H and O–H groups in total. The zero-order chi connectivity index (χ0) is 18.7. The highest BCUT2D eigenvalue weighted by atomic mass is 79.9. The number of amides is 1. The van der Waals surface area contributed by atoms with Gasteiger partial charge in [-0.2, -0.15) is 0 Å². The normalized spacial score (nSPS) is 11.3. The highest BCUT2D eigenvalue weighted by Crippen LogP contribution is 2.22. The molecule has 0 saturated heterocycles. The molecule has 0 spiro atoms. The van der Waals surface area contributed by atoms with E-state index in [1.807, 2.05) is 0 Å². The van der Waals surface area contributed by atoms with Crippen LogP contribution in [0.25, 0.3) is 0 Å². The summed E-state index contributed by atoms with van der Waals surface area (Å²) in [6, 6.07) is 13.4. The van der Waals surface area contributed by atoms with Gasteiger partial charge in [0.1, 0.15) is 0 Å². The van der Waals surface area contributed by atoms with E-state index in [1.165, 1.54) is 23.5 Å². The number of hydrogen-bond donors (Lipinski definition) is 2. The van der Waals surface area contributed by atoms with E-state index in [2.05, 4.69) is 26.2 Å². The van der Waals surface area contributed by atoms with Crippen LogP contribution in [-0.4, -0.2) is 19.3 Å². The Kier molecular flexibility index (Phi) is 5.52. The van der Waals surface area contributed by atoms with E-state index in [0.29, 0.717) is 17.1 Å². The Morgan fingerprint density at radius 3 is 2.38 bits per heavy atom. The molecular formula is C17H14BrN3O3S2. The summed E-state index contributed by atoms with van der Waals surface area (Å²) in [4.78, 5) is 17.4. The Morgan fingerprint density at radius 1 is 1.12 bits per heavy atom. The first-order valence-electron chi connectivity index (χ1n) is 7.44. The van der Waals surface area contributed by atoms with Gasteiger partial charge in [0, 0.05) is 27.5 Å². The SMILES string of the molecule is NS(=O)(=O)c1ccc(Cc2cnc(NC(=O)c3ccc(Br)cc3)s2)cc1. The third-order valence-corrected chi connectivity index (χ3v) is 5.88. The summed E-state index contributed by atoms with van der Waals surface area (Å²) in [5, 5.41) is 8.37. The molecule has 134 valence electrons. The molecule has 6 nitrogen and oxygen atoms in total. The van der Waals surface area contributed by atoms with E-state index >= 15 is 0 Å². The number of nitrogens with zero attached hydrogens (tertiary/aromatic N) is 1. The fourth-order valence-corrected chi connectivity index (χ4v) is 3.84. The molecule has 0 saturated carbocycles. The molecule has 0 atom stereocenters. The Morgan fingerprint density at radius 2 is 1.77 bits per heavy atom. The minimum Gasteiger partial charge on any atom is -0.298 e. The zero-order valence-corrected chi connectivity index (χ0v) is 16.6. The Balaban J connectivity index is 1.66. The number of benzene rings is 2. The molecule has 0 aliphatic heterocycles. The topological polar surface area (TPSA) is 102 Å². The standard InChI is InChI=1S/C17H14BrN3O3S2/c18-13-5-3-12(4-6-13)16(22)21-17-20-10-14(25-17)9-11-1-7-15(8-2-11)26(19,23)24/h1-8,10H,9H2,(H2,19,23,24)(H,20,21,22). The molecule has 0 bridgehead atoms. The van der Waals surface area contributed by atoms with Crippen LogP contribution in [0.4, 0.5) is 5.13 Å². The van der Waals surface area contributed by atoms with Crippen molar-refractivity contribution < 1.29 is 13.2 Å². The summed E-state index contributed by atoms with van der Waals surface area (Å²) in [6.45, 7) is 0. The maximum absolute atomic E-state index is 12.2. The Hall–Kier alpha value is -2.07. The number of anilines is 1. The van der Waals surface area contributed by atoms with Gasteiger partial charge in [-0.1, -0.05) is 28.1 Å². The first kappa shape index (κ1) is 18.7. The molecule has 26 heavy (non-hydrogen) atoms. The number of hydrogen-bond acceptors (Lipinski definition) is 5. The lowest BCUT2D eigenvalue weighted by Crippen LogP contribution is -2.11. The van der Waals surface area contributed by atoms with Gasteiger partial charge in [-0.3, -0.25) is 10.1 Å². The van der Waals surface area contributed by atoms with Gasteiger partial charge < -0.3 is 0 Å². The number of nitrogens with one attached hydrogen (secondary N) is 1. The minimum absolute atomic E-state index is 0.0769. The second-order valence-corrected chi connectivity index (χ2v) is 9.05. The van der Waals surface area contributed by atoms with Crippen molar-refractivity contribution in [1.29, 1.82) is 0 Å². The van der Waals surface area contributed by atoms with E-state index < -0.39 is 10.0 Å². The fourth-order valence-electron chi connectivity index (χ4n) is 2.22. The molecule has 3 aromatic rings. The average molecular weight is 452 g/mol. The van der Waals surface area contributed by atoms with E-state index in [0.717, 1.165) is 14.9 Å². The van der Waals surface area contributed by atoms with Gasteiger partial charge in [0.15, 0.2) is 5.13 Å². The monoisotopic (exact) mass is 451 g/mol. The molecule has 2 aromatic carbocycles. The molecule has 0 fully saturated rings. The number of rotatable bonds is 5. The van der Waals surface area contributed by atoms with Gasteiger partial charge in [-0.05, 0) is 42.0 Å². The van der Waals surface area contributed by atoms with Crippen LogP contribution in [0, 0.1) is 0 Å². The van der Waals surface area contributed by atoms with Crippen molar-refractivity contribution >= 4 is 48.3 Å². The summed E-state index contributed by atoms with van der Waals surface area (Å²) in [5.41, 5.74) is 1.47. The fraction of sp³-hybridized carbons (Fsp3) is 0.0588. The summed E-state index contributed by atoms with van der Waals surface area (Å²) in [5.74, 6) is -0.226. The lowest BCUT2D eigenvalue weighted by atomic mass is 10.1. The lowest BCUT2D eigenvalue weighted by molar-refractivity contribution is 0.102. The number of primary sulfonamides is 1. The van der Waals surface area contributed by atoms with Crippen LogP contribution in [0.15, 0.2) is 64.1 Å². The van der Waals surface area contributed by atoms with Gasteiger partial charge in [-0.25, -0.2) is 18.5 Å². The average Bonchev–Trinajstić information content (AvgIpc) is 3.02. The maximum atomic E-state index is 12.2. The van der Waals surface area contributed by atoms with Crippen LogP contribution < -0.4 is 10.5 Å². The van der Waals surface area contributed by atoms with Gasteiger partial charge in [0.2, 0.25) is 10.0 Å². The van der Waals surface area contributed by atoms with Gasteiger partial charge in [0.05, 0.1) is 4.90 Å². The molecule has 9 heteroatoms. The van der Waals surface area contributed by atoms with Gasteiger partial charge >= 0.3 is 0 Å². The van der Waals surface area contributed by atoms with Crippen LogP contribution in [-0.2, 0) is 16.4 Å². The van der Waals surface area contributed by atoms with Crippen LogP contribution in [0.1, 0.15) is 20.8 Å². The first-order chi connectivity index (χ1) is 12.3. The molecule has 1 amide bonds. The van der Waals surface area contributed by atoms with Crippen LogP contribution >= 0.6 is 27.3 Å². The number of nitrogens with two attached hydrogens (primary N) is 1. The number of carbonyl (C=O) groups is 1. The molecule has 1 heterocycles. The molecule has 0 aliphatic rings. The van der Waals surface area contributed by atoms with E-state index in [9.17, 15) is 13.2 Å². The second-order valence-electron chi connectivity index (χ2n) is 5.46. The van der Waals surface area contributed by atoms with Crippen molar-refractivity contribution in [3.8, 4) is 0 Å². The summed E-state index contributed by atoms with van der Waals surface area (Å²) in [7, 11) is -3.69. The van der Waals surface area contributed by atoms with Crippen molar-refractivity contribution in [2.75, 3.05) is 5.32 Å². The number of aromatic nitrogens is 1. The predicted molar refractivity (Wildman–Crippen MR) is 105 cm³/mol. The van der Waals surface area contributed by atoms with E-state index in [4.69, 9.17) is 5.14 Å². The van der Waals surface area contributed by atoms with Crippen molar-refractivity contribution in [3.05, 3.63) is 75.2 Å². The minimum atomic E-state index is -3.69. The molecular weight excluding hydrogens is 438 g/mol. The van der Waals surface area contributed by atoms with Crippen molar-refractivity contribution in [2.24, 2.45) is 5.14 Å². The Labute approximate surface area is 163 Å². The van der Waals surface area contributed by atoms with E-state index in [-0.39, 0.29) is 10.8 Å². The second kappa shape index (κ2) is 7.67. The van der Waals surface area contributed by atoms with Crippen molar-refractivity contribution in [3.63, 3.8) is 0 Å². The van der Waals surface area contributed by atoms with Crippen molar-refractivity contribution in [1.82, 2.24) is 4.98 Å². The molecule has 0 aliphatic carbocycles. The summed E-state index contributed by atoms with van der Waals surface area (Å²) in [6.07, 6.45) is 2.27. The highest BCUT2D eigenvalue weighted by Gasteiger charge is 2.10. The molecule has 3 rings (SSSR count). The first-order valence-corrected chi connectivity index (χ1v) is 10.6. The third kappa shape index (κ3) is 4.76. The largest absolute Gasteiger partial charge is 0.298 e. The Bertz CT molecular complexity index is 1030. The molecule has 1 aromatic heterocycles. The predicted octanol–water partition coefficient (Wildman–Crippen LogP) is 3.40. The number of thiazole rings is 1. The van der Waals surface area contributed by atoms with Crippen LogP contribution in [0.5, 0.6) is 0 Å². The molecule has 0 radical (unpaired) electrons. The number of halogens is 1.